The summed E-state index contributed by atoms with van der Waals surface area (Å²) < 4.78 is 12.3. The number of hydroxylamine groups is 2. The number of aromatic amines is 1. The van der Waals surface area contributed by atoms with Crippen LogP contribution in [0.3, 0.4) is 0 Å². The number of rotatable bonds is 7. The molecule has 3 N–H and O–H groups in total. The lowest BCUT2D eigenvalue weighted by atomic mass is 10.1. The Morgan fingerprint density at radius 2 is 2.12 bits per heavy atom. The van der Waals surface area contributed by atoms with Crippen molar-refractivity contribution >= 4 is 0 Å². The number of nitrogens with zero attached hydrogens (tertiary/aromatic N) is 2. The molecule has 1 aliphatic heterocycles. The molecule has 1 aromatic rings. The first-order valence-corrected chi connectivity index (χ1v) is 8.03. The van der Waals surface area contributed by atoms with E-state index in [-0.39, 0.29) is 18.8 Å². The number of H-pyrrole nitrogens is 1. The number of aliphatic hydroxyl groups is 2. The Hall–Kier alpha value is -2.00. The van der Waals surface area contributed by atoms with Crippen molar-refractivity contribution in [3.8, 4) is 11.8 Å². The average Bonchev–Trinajstić information content (AvgIpc) is 2.90. The quantitative estimate of drug-likeness (QED) is 0.287. The number of hydrogen-bond donors (Lipinski definition) is 3. The first-order chi connectivity index (χ1) is 12.4. The molecule has 0 radical (unpaired) electrons. The largest absolute Gasteiger partial charge is 0.394 e. The lowest BCUT2D eigenvalue weighted by Gasteiger charge is -2.22. The molecule has 1 aliphatic rings. The molecule has 0 spiro atoms. The second-order valence-corrected chi connectivity index (χ2v) is 5.80. The van der Waals surface area contributed by atoms with Crippen LogP contribution < -0.4 is 11.2 Å². The molecule has 1 aromatic heterocycles. The molecule has 26 heavy (non-hydrogen) atoms. The van der Waals surface area contributed by atoms with Crippen LogP contribution in [0.25, 0.3) is 0 Å². The van der Waals surface area contributed by atoms with Crippen LogP contribution in [0.4, 0.5) is 0 Å². The minimum absolute atomic E-state index is 0.0762. The highest BCUT2D eigenvalue weighted by Gasteiger charge is 2.45. The van der Waals surface area contributed by atoms with Crippen LogP contribution in [0.15, 0.2) is 15.8 Å². The smallest absolute Gasteiger partial charge is 0.330 e. The molecule has 2 rings (SSSR count). The predicted molar refractivity (Wildman–Crippen MR) is 90.3 cm³/mol. The summed E-state index contributed by atoms with van der Waals surface area (Å²) in [5.41, 5.74) is -1.27. The van der Waals surface area contributed by atoms with Gasteiger partial charge in [0, 0.05) is 20.3 Å². The highest BCUT2D eigenvalue weighted by molar-refractivity contribution is 5.29. The van der Waals surface area contributed by atoms with Gasteiger partial charge in [0.05, 0.1) is 19.8 Å². The first kappa shape index (κ1) is 20.3. The van der Waals surface area contributed by atoms with E-state index in [0.29, 0.717) is 0 Å². The van der Waals surface area contributed by atoms with Gasteiger partial charge >= 0.3 is 5.69 Å². The van der Waals surface area contributed by atoms with Gasteiger partial charge in [-0.1, -0.05) is 5.92 Å². The second kappa shape index (κ2) is 9.09. The Morgan fingerprint density at radius 3 is 2.73 bits per heavy atom. The Kier molecular flexibility index (Phi) is 7.10. The molecule has 1 saturated heterocycles. The second-order valence-electron chi connectivity index (χ2n) is 5.80. The van der Waals surface area contributed by atoms with Crippen LogP contribution in [0, 0.1) is 11.8 Å². The molecule has 4 atom stereocenters. The Morgan fingerprint density at radius 1 is 1.38 bits per heavy atom. The molecule has 144 valence electrons. The predicted octanol–water partition coefficient (Wildman–Crippen LogP) is -1.96. The molecule has 0 aliphatic carbocycles. The Labute approximate surface area is 149 Å². The maximum absolute atomic E-state index is 12.2. The molecular formula is C16H23N3O7. The summed E-state index contributed by atoms with van der Waals surface area (Å²) in [6.45, 7) is 1.45. The zero-order valence-corrected chi connectivity index (χ0v) is 14.8. The molecule has 2 unspecified atom stereocenters. The third-order valence-electron chi connectivity index (χ3n) is 3.74. The van der Waals surface area contributed by atoms with Gasteiger partial charge in [0.2, 0.25) is 0 Å². The molecular weight excluding hydrogens is 346 g/mol. The van der Waals surface area contributed by atoms with Crippen LogP contribution in [0.2, 0.25) is 0 Å². The van der Waals surface area contributed by atoms with Gasteiger partial charge in [-0.25, -0.2) is 4.79 Å². The van der Waals surface area contributed by atoms with Crippen molar-refractivity contribution in [2.75, 3.05) is 33.9 Å². The van der Waals surface area contributed by atoms with E-state index in [9.17, 15) is 19.8 Å². The fourth-order valence-electron chi connectivity index (χ4n) is 2.58. The van der Waals surface area contributed by atoms with Gasteiger partial charge < -0.3 is 19.7 Å². The van der Waals surface area contributed by atoms with E-state index in [2.05, 4.69) is 16.8 Å². The third-order valence-corrected chi connectivity index (χ3v) is 3.74. The van der Waals surface area contributed by atoms with Crippen LogP contribution in [0.5, 0.6) is 0 Å². The van der Waals surface area contributed by atoms with Gasteiger partial charge in [-0.15, -0.1) is 5.92 Å². The zero-order chi connectivity index (χ0) is 19.3. The van der Waals surface area contributed by atoms with Crippen molar-refractivity contribution in [2.24, 2.45) is 0 Å². The fraction of sp³-hybridized carbons (Fsp3) is 0.625. The Bertz CT molecular complexity index is 777. The van der Waals surface area contributed by atoms with Gasteiger partial charge in [0.15, 0.2) is 6.23 Å². The maximum Gasteiger partial charge on any atom is 0.330 e. The third kappa shape index (κ3) is 4.59. The molecule has 2 heterocycles. The molecule has 0 amide bonds. The standard InChI is InChI=1S/C16H23N3O7/c1-4-5-10-8-19(16(23)17-14(10)22)15-13(12(21)11(9-20)26-15)24-6-7-25-18(2)3/h8,11-13,15,20-21H,6-7,9H2,1-3H3,(H,17,22,23)/t11-,12?,13?,15-/m0/s1. The average molecular weight is 369 g/mol. The van der Waals surface area contributed by atoms with E-state index < -0.39 is 42.4 Å². The molecule has 0 saturated carbocycles. The van der Waals surface area contributed by atoms with Crippen LogP contribution in [0.1, 0.15) is 18.7 Å². The summed E-state index contributed by atoms with van der Waals surface area (Å²) in [5, 5.41) is 21.2. The normalized spacial score (nSPS) is 25.3. The minimum atomic E-state index is -1.16. The molecule has 1 fully saturated rings. The molecule has 10 heteroatoms. The van der Waals surface area contributed by atoms with Crippen molar-refractivity contribution in [3.05, 3.63) is 32.6 Å². The van der Waals surface area contributed by atoms with Gasteiger partial charge in [-0.2, -0.15) is 5.06 Å². The fourth-order valence-corrected chi connectivity index (χ4v) is 2.58. The summed E-state index contributed by atoms with van der Waals surface area (Å²) in [7, 11) is 3.43. The highest BCUT2D eigenvalue weighted by Crippen LogP contribution is 2.30. The zero-order valence-electron chi connectivity index (χ0n) is 14.8. The van der Waals surface area contributed by atoms with Crippen molar-refractivity contribution < 1.29 is 24.5 Å². The minimum Gasteiger partial charge on any atom is -0.394 e. The number of ether oxygens (including phenoxy) is 2. The number of hydrogen-bond acceptors (Lipinski definition) is 8. The summed E-state index contributed by atoms with van der Waals surface area (Å²) in [6.07, 6.45) is -2.82. The van der Waals surface area contributed by atoms with Crippen molar-refractivity contribution in [3.63, 3.8) is 0 Å². The van der Waals surface area contributed by atoms with Gasteiger partial charge in [0.25, 0.3) is 5.56 Å². The summed E-state index contributed by atoms with van der Waals surface area (Å²) >= 11 is 0. The highest BCUT2D eigenvalue weighted by atomic mass is 16.7. The van der Waals surface area contributed by atoms with Crippen LogP contribution in [-0.4, -0.2) is 77.1 Å². The van der Waals surface area contributed by atoms with Crippen molar-refractivity contribution in [1.82, 2.24) is 14.6 Å². The van der Waals surface area contributed by atoms with E-state index in [1.165, 1.54) is 11.3 Å². The number of aromatic nitrogens is 2. The van der Waals surface area contributed by atoms with Crippen molar-refractivity contribution in [2.45, 2.75) is 31.5 Å². The molecule has 0 bridgehead atoms. The maximum atomic E-state index is 12.2. The number of aliphatic hydroxyl groups excluding tert-OH is 2. The van der Waals surface area contributed by atoms with E-state index in [1.54, 1.807) is 21.0 Å². The van der Waals surface area contributed by atoms with E-state index in [4.69, 9.17) is 14.3 Å². The summed E-state index contributed by atoms with van der Waals surface area (Å²) in [6, 6.07) is 0. The monoisotopic (exact) mass is 369 g/mol. The Balaban J connectivity index is 2.28. The molecule has 0 aromatic carbocycles. The van der Waals surface area contributed by atoms with E-state index in [1.807, 2.05) is 0 Å². The van der Waals surface area contributed by atoms with Crippen molar-refractivity contribution in [1.29, 1.82) is 0 Å². The van der Waals surface area contributed by atoms with Gasteiger partial charge in [-0.05, 0) is 6.92 Å². The number of nitrogens with one attached hydrogen (secondary N) is 1. The lowest BCUT2D eigenvalue weighted by molar-refractivity contribution is -0.151. The molecule has 10 nitrogen and oxygen atoms in total. The summed E-state index contributed by atoms with van der Waals surface area (Å²) in [5.74, 6) is 5.18. The van der Waals surface area contributed by atoms with Gasteiger partial charge in [0.1, 0.15) is 23.9 Å². The van der Waals surface area contributed by atoms with E-state index in [0.717, 1.165) is 4.57 Å². The topological polar surface area (TPSA) is 126 Å². The van der Waals surface area contributed by atoms with Crippen LogP contribution in [-0.2, 0) is 14.3 Å². The SMILES string of the molecule is CC#Cc1cn([C@H]2O[C@@H](CO)C(O)C2OCCON(C)C)c(=O)[nH]c1=O. The van der Waals surface area contributed by atoms with E-state index >= 15 is 0 Å². The van der Waals surface area contributed by atoms with Gasteiger partial charge in [-0.3, -0.25) is 19.2 Å². The van der Waals surface area contributed by atoms with Crippen LogP contribution >= 0.6 is 0 Å². The summed E-state index contributed by atoms with van der Waals surface area (Å²) in [4.78, 5) is 31.4. The lowest BCUT2D eigenvalue weighted by Crippen LogP contribution is -2.40. The first-order valence-electron chi connectivity index (χ1n) is 8.03.